The predicted molar refractivity (Wildman–Crippen MR) is 71.7 cm³/mol. The van der Waals surface area contributed by atoms with Crippen molar-refractivity contribution in [2.45, 2.75) is 32.7 Å². The van der Waals surface area contributed by atoms with E-state index >= 15 is 0 Å². The number of anilines is 1. The summed E-state index contributed by atoms with van der Waals surface area (Å²) in [4.78, 5) is 0. The van der Waals surface area contributed by atoms with Gasteiger partial charge in [-0.25, -0.2) is 9.07 Å². The maximum absolute atomic E-state index is 12.9. The first-order valence-corrected chi connectivity index (χ1v) is 6.26. The normalized spacial score (nSPS) is 11.1. The summed E-state index contributed by atoms with van der Waals surface area (Å²) in [5.74, 6) is 0.411. The number of halogens is 1. The van der Waals surface area contributed by atoms with Crippen molar-refractivity contribution in [2.75, 3.05) is 5.73 Å². The molecule has 1 heterocycles. The lowest BCUT2D eigenvalue weighted by molar-refractivity contribution is 0.435. The number of benzene rings is 1. The van der Waals surface area contributed by atoms with E-state index in [-0.39, 0.29) is 5.82 Å². The van der Waals surface area contributed by atoms with Gasteiger partial charge in [0.25, 0.3) is 0 Å². The zero-order chi connectivity index (χ0) is 13.1. The lowest BCUT2D eigenvalue weighted by Gasteiger charge is -2.14. The average molecular weight is 247 g/mol. The van der Waals surface area contributed by atoms with Crippen LogP contribution in [0.3, 0.4) is 0 Å². The molecule has 18 heavy (non-hydrogen) atoms. The summed E-state index contributed by atoms with van der Waals surface area (Å²) in [6.45, 7) is 4.24. The summed E-state index contributed by atoms with van der Waals surface area (Å²) in [5, 5.41) is 4.52. The van der Waals surface area contributed by atoms with Crippen LogP contribution in [0.5, 0.6) is 0 Å². The molecule has 0 amide bonds. The van der Waals surface area contributed by atoms with Gasteiger partial charge >= 0.3 is 0 Å². The summed E-state index contributed by atoms with van der Waals surface area (Å²) < 4.78 is 14.7. The van der Waals surface area contributed by atoms with Gasteiger partial charge in [0.05, 0.1) is 11.7 Å². The van der Waals surface area contributed by atoms with Crippen molar-refractivity contribution in [3.8, 4) is 11.3 Å². The third-order valence-electron chi connectivity index (χ3n) is 3.19. The van der Waals surface area contributed by atoms with Crippen molar-refractivity contribution in [1.82, 2.24) is 9.78 Å². The molecule has 96 valence electrons. The largest absolute Gasteiger partial charge is 0.384 e. The Kier molecular flexibility index (Phi) is 3.65. The summed E-state index contributed by atoms with van der Waals surface area (Å²) in [6.07, 6.45) is 1.98. The number of nitrogens with two attached hydrogens (primary N) is 1. The van der Waals surface area contributed by atoms with Crippen molar-refractivity contribution < 1.29 is 4.39 Å². The molecule has 0 atom stereocenters. The minimum absolute atomic E-state index is 0.244. The fourth-order valence-electron chi connectivity index (χ4n) is 2.10. The van der Waals surface area contributed by atoms with Gasteiger partial charge in [0.1, 0.15) is 11.6 Å². The molecule has 0 aliphatic carbocycles. The lowest BCUT2D eigenvalue weighted by atomic mass is 10.1. The van der Waals surface area contributed by atoms with E-state index in [2.05, 4.69) is 18.9 Å². The average Bonchev–Trinajstić information content (AvgIpc) is 2.74. The van der Waals surface area contributed by atoms with Crippen LogP contribution < -0.4 is 5.73 Å². The van der Waals surface area contributed by atoms with Crippen LogP contribution in [0.25, 0.3) is 11.3 Å². The SMILES string of the molecule is CCC(CC)n1nc(-c2ccc(F)cc2)cc1N. The Morgan fingerprint density at radius 2 is 1.83 bits per heavy atom. The van der Waals surface area contributed by atoms with Gasteiger partial charge in [-0.3, -0.25) is 0 Å². The molecule has 1 aromatic carbocycles. The highest BCUT2D eigenvalue weighted by Gasteiger charge is 2.13. The van der Waals surface area contributed by atoms with E-state index in [1.54, 1.807) is 12.1 Å². The Balaban J connectivity index is 2.36. The number of hydrogen-bond acceptors (Lipinski definition) is 2. The molecule has 0 bridgehead atoms. The number of nitrogens with zero attached hydrogens (tertiary/aromatic N) is 2. The summed E-state index contributed by atoms with van der Waals surface area (Å²) in [7, 11) is 0. The fraction of sp³-hybridized carbons (Fsp3) is 0.357. The first-order chi connectivity index (χ1) is 8.65. The zero-order valence-corrected chi connectivity index (χ0v) is 10.7. The van der Waals surface area contributed by atoms with E-state index < -0.39 is 0 Å². The van der Waals surface area contributed by atoms with Crippen molar-refractivity contribution in [1.29, 1.82) is 0 Å². The Bertz CT molecular complexity index is 512. The van der Waals surface area contributed by atoms with Gasteiger partial charge in [-0.2, -0.15) is 5.10 Å². The van der Waals surface area contributed by atoms with Crippen LogP contribution in [0.4, 0.5) is 10.2 Å². The second-order valence-corrected chi connectivity index (χ2v) is 4.38. The van der Waals surface area contributed by atoms with Gasteiger partial charge in [-0.05, 0) is 37.1 Å². The van der Waals surface area contributed by atoms with E-state index in [1.807, 2.05) is 10.7 Å². The van der Waals surface area contributed by atoms with Gasteiger partial charge in [-0.1, -0.05) is 13.8 Å². The van der Waals surface area contributed by atoms with E-state index in [1.165, 1.54) is 12.1 Å². The van der Waals surface area contributed by atoms with E-state index in [0.29, 0.717) is 11.9 Å². The molecule has 3 nitrogen and oxygen atoms in total. The van der Waals surface area contributed by atoms with E-state index in [9.17, 15) is 4.39 Å². The Morgan fingerprint density at radius 1 is 1.22 bits per heavy atom. The molecule has 2 rings (SSSR count). The summed E-state index contributed by atoms with van der Waals surface area (Å²) in [6, 6.07) is 8.46. The molecule has 0 fully saturated rings. The number of aromatic nitrogens is 2. The number of rotatable bonds is 4. The molecule has 0 aliphatic heterocycles. The first-order valence-electron chi connectivity index (χ1n) is 6.26. The maximum atomic E-state index is 12.9. The van der Waals surface area contributed by atoms with Crippen LogP contribution in [0.2, 0.25) is 0 Å². The van der Waals surface area contributed by atoms with Crippen molar-refractivity contribution in [2.24, 2.45) is 0 Å². The van der Waals surface area contributed by atoms with Crippen LogP contribution in [0, 0.1) is 5.82 Å². The molecule has 0 aliphatic rings. The van der Waals surface area contributed by atoms with Crippen LogP contribution in [0.15, 0.2) is 30.3 Å². The highest BCUT2D eigenvalue weighted by Crippen LogP contribution is 2.25. The lowest BCUT2D eigenvalue weighted by Crippen LogP contribution is -2.11. The van der Waals surface area contributed by atoms with Crippen LogP contribution >= 0.6 is 0 Å². The Hall–Kier alpha value is -1.84. The fourth-order valence-corrected chi connectivity index (χ4v) is 2.10. The standard InChI is InChI=1S/C14H18FN3/c1-3-12(4-2)18-14(16)9-13(17-18)10-5-7-11(15)8-6-10/h5-9,12H,3-4,16H2,1-2H3. The predicted octanol–water partition coefficient (Wildman–Crippen LogP) is 3.63. The van der Waals surface area contributed by atoms with Gasteiger partial charge in [0, 0.05) is 11.6 Å². The molecule has 0 unspecified atom stereocenters. The number of hydrogen-bond donors (Lipinski definition) is 1. The highest BCUT2D eigenvalue weighted by atomic mass is 19.1. The first kappa shape index (κ1) is 12.6. The Labute approximate surface area is 106 Å². The van der Waals surface area contributed by atoms with Gasteiger partial charge in [-0.15, -0.1) is 0 Å². The van der Waals surface area contributed by atoms with Gasteiger partial charge < -0.3 is 5.73 Å². The van der Waals surface area contributed by atoms with Crippen LogP contribution in [0.1, 0.15) is 32.7 Å². The Morgan fingerprint density at radius 3 is 2.39 bits per heavy atom. The molecule has 0 spiro atoms. The molecule has 2 aromatic rings. The monoisotopic (exact) mass is 247 g/mol. The third kappa shape index (κ3) is 2.37. The smallest absolute Gasteiger partial charge is 0.123 e. The second-order valence-electron chi connectivity index (χ2n) is 4.38. The topological polar surface area (TPSA) is 43.8 Å². The molecule has 2 N–H and O–H groups in total. The van der Waals surface area contributed by atoms with Crippen molar-refractivity contribution >= 4 is 5.82 Å². The van der Waals surface area contributed by atoms with E-state index in [4.69, 9.17) is 5.73 Å². The quantitative estimate of drug-likeness (QED) is 0.896. The van der Waals surface area contributed by atoms with Crippen LogP contribution in [-0.4, -0.2) is 9.78 Å². The van der Waals surface area contributed by atoms with Gasteiger partial charge in [0.15, 0.2) is 0 Å². The number of nitrogen functional groups attached to an aromatic ring is 1. The zero-order valence-electron chi connectivity index (χ0n) is 10.7. The third-order valence-corrected chi connectivity index (χ3v) is 3.19. The molecule has 0 saturated heterocycles. The van der Waals surface area contributed by atoms with Crippen molar-refractivity contribution in [3.63, 3.8) is 0 Å². The molecule has 0 radical (unpaired) electrons. The summed E-state index contributed by atoms with van der Waals surface area (Å²) in [5.41, 5.74) is 7.66. The molecular formula is C14H18FN3. The molecule has 1 aromatic heterocycles. The maximum Gasteiger partial charge on any atom is 0.123 e. The minimum Gasteiger partial charge on any atom is -0.384 e. The molecule has 4 heteroatoms. The summed E-state index contributed by atoms with van der Waals surface area (Å²) >= 11 is 0. The van der Waals surface area contributed by atoms with Crippen molar-refractivity contribution in [3.05, 3.63) is 36.1 Å². The highest BCUT2D eigenvalue weighted by molar-refractivity contribution is 5.62. The van der Waals surface area contributed by atoms with E-state index in [0.717, 1.165) is 24.1 Å². The second kappa shape index (κ2) is 5.21. The van der Waals surface area contributed by atoms with Gasteiger partial charge in [0.2, 0.25) is 0 Å². The van der Waals surface area contributed by atoms with Crippen LogP contribution in [-0.2, 0) is 0 Å². The minimum atomic E-state index is -0.244. The molecule has 0 saturated carbocycles. The molecular weight excluding hydrogens is 229 g/mol.